The van der Waals surface area contributed by atoms with Gasteiger partial charge in [-0.1, -0.05) is 58.6 Å². The zero-order valence-electron chi connectivity index (χ0n) is 21.6. The van der Waals surface area contributed by atoms with E-state index in [0.717, 1.165) is 30.1 Å². The Morgan fingerprint density at radius 2 is 1.91 bits per heavy atom. The topological polar surface area (TPSA) is 43.4 Å². The van der Waals surface area contributed by atoms with Crippen molar-refractivity contribution in [1.29, 1.82) is 0 Å². The van der Waals surface area contributed by atoms with Gasteiger partial charge in [-0.05, 0) is 80.0 Å². The van der Waals surface area contributed by atoms with Crippen LogP contribution in [0.5, 0.6) is 0 Å². The Kier molecular flexibility index (Phi) is 8.66. The lowest BCUT2D eigenvalue weighted by Crippen LogP contribution is -2.43. The van der Waals surface area contributed by atoms with Crippen LogP contribution in [0.1, 0.15) is 112 Å². The first-order valence-electron chi connectivity index (χ1n) is 13.5. The van der Waals surface area contributed by atoms with Crippen molar-refractivity contribution in [3.8, 4) is 0 Å². The molecule has 2 fully saturated rings. The summed E-state index contributed by atoms with van der Waals surface area (Å²) in [5.74, 6) is 4.41. The van der Waals surface area contributed by atoms with Gasteiger partial charge >= 0.3 is 5.97 Å². The first-order chi connectivity index (χ1) is 15.1. The first-order valence-corrected chi connectivity index (χ1v) is 13.5. The molecule has 3 heteroatoms. The predicted octanol–water partition coefficient (Wildman–Crippen LogP) is 7.53. The van der Waals surface area contributed by atoms with E-state index in [1.54, 1.807) is 0 Å². The number of ether oxygens (including phenoxy) is 1. The molecule has 0 aromatic heterocycles. The van der Waals surface area contributed by atoms with Crippen LogP contribution >= 0.6 is 0 Å². The second-order valence-electron chi connectivity index (χ2n) is 12.1. The van der Waals surface area contributed by atoms with Crippen molar-refractivity contribution in [3.63, 3.8) is 0 Å². The van der Waals surface area contributed by atoms with Crippen LogP contribution in [0.4, 0.5) is 0 Å². The molecule has 0 heterocycles. The summed E-state index contributed by atoms with van der Waals surface area (Å²) in [6.45, 7) is 13.5. The number of Topliss-reactive ketones (excluding diaryl/α,β-unsaturated/α-hetero) is 1. The number of allylic oxidation sites excluding steroid dienone is 1. The highest BCUT2D eigenvalue weighted by Crippen LogP contribution is 2.62. The van der Waals surface area contributed by atoms with E-state index in [4.69, 9.17) is 4.74 Å². The van der Waals surface area contributed by atoms with Crippen molar-refractivity contribution in [2.75, 3.05) is 0 Å². The van der Waals surface area contributed by atoms with E-state index in [0.29, 0.717) is 36.5 Å². The van der Waals surface area contributed by atoms with Crippen LogP contribution in [0.2, 0.25) is 0 Å². The van der Waals surface area contributed by atoms with Gasteiger partial charge in [0.25, 0.3) is 0 Å². The highest BCUT2D eigenvalue weighted by atomic mass is 16.5. The number of hydrogen-bond donors (Lipinski definition) is 0. The zero-order valence-corrected chi connectivity index (χ0v) is 21.6. The molecule has 32 heavy (non-hydrogen) atoms. The summed E-state index contributed by atoms with van der Waals surface area (Å²) < 4.78 is 5.45. The van der Waals surface area contributed by atoms with Gasteiger partial charge in [-0.2, -0.15) is 0 Å². The summed E-state index contributed by atoms with van der Waals surface area (Å²) in [6.07, 6.45) is 14.1. The normalized spacial score (nSPS) is 36.8. The fourth-order valence-corrected chi connectivity index (χ4v) is 7.84. The Balaban J connectivity index is 1.75. The van der Waals surface area contributed by atoms with Crippen LogP contribution in [-0.4, -0.2) is 17.9 Å². The summed E-state index contributed by atoms with van der Waals surface area (Å²) in [5, 5.41) is 0. The molecule has 7 unspecified atom stereocenters. The molecule has 0 aromatic carbocycles. The summed E-state index contributed by atoms with van der Waals surface area (Å²) in [5.41, 5.74) is 1.91. The summed E-state index contributed by atoms with van der Waals surface area (Å²) >= 11 is 0. The van der Waals surface area contributed by atoms with Gasteiger partial charge in [0.15, 0.2) is 0 Å². The molecule has 3 nitrogen and oxygen atoms in total. The molecule has 3 rings (SSSR count). The summed E-state index contributed by atoms with van der Waals surface area (Å²) in [6, 6.07) is 0. The van der Waals surface area contributed by atoms with Crippen molar-refractivity contribution in [3.05, 3.63) is 11.6 Å². The van der Waals surface area contributed by atoms with Gasteiger partial charge in [-0.15, -0.1) is 0 Å². The largest absolute Gasteiger partial charge is 0.462 e. The van der Waals surface area contributed by atoms with Gasteiger partial charge in [0.2, 0.25) is 0 Å². The van der Waals surface area contributed by atoms with Crippen LogP contribution in [-0.2, 0) is 14.3 Å². The van der Waals surface area contributed by atoms with E-state index in [1.807, 2.05) is 0 Å². The smallest absolute Gasteiger partial charge is 0.302 e. The third-order valence-electron chi connectivity index (χ3n) is 9.47. The molecule has 3 aliphatic carbocycles. The molecular formula is C29H48O3. The Labute approximate surface area is 197 Å². The molecular weight excluding hydrogens is 396 g/mol. The minimum absolute atomic E-state index is 0.270. The third-order valence-corrected chi connectivity index (χ3v) is 9.47. The third kappa shape index (κ3) is 5.86. The van der Waals surface area contributed by atoms with Crippen LogP contribution in [0.15, 0.2) is 11.6 Å². The molecule has 7 atom stereocenters. The number of hydrogen-bond acceptors (Lipinski definition) is 3. The van der Waals surface area contributed by atoms with Crippen molar-refractivity contribution in [2.24, 2.45) is 40.9 Å². The maximum atomic E-state index is 12.8. The highest BCUT2D eigenvalue weighted by Gasteiger charge is 2.54. The van der Waals surface area contributed by atoms with E-state index < -0.39 is 0 Å². The van der Waals surface area contributed by atoms with Crippen LogP contribution in [0.25, 0.3) is 0 Å². The van der Waals surface area contributed by atoms with Crippen LogP contribution < -0.4 is 0 Å². The molecule has 0 saturated heterocycles. The lowest BCUT2D eigenvalue weighted by Gasteiger charge is -2.50. The molecule has 2 saturated carbocycles. The lowest BCUT2D eigenvalue weighted by atomic mass is 9.54. The summed E-state index contributed by atoms with van der Waals surface area (Å²) in [7, 11) is 0. The zero-order chi connectivity index (χ0) is 23.5. The molecule has 0 radical (unpaired) electrons. The average molecular weight is 445 g/mol. The van der Waals surface area contributed by atoms with Gasteiger partial charge in [-0.3, -0.25) is 9.59 Å². The van der Waals surface area contributed by atoms with Crippen LogP contribution in [0, 0.1) is 40.9 Å². The quantitative estimate of drug-likeness (QED) is 0.314. The predicted molar refractivity (Wildman–Crippen MR) is 131 cm³/mol. The van der Waals surface area contributed by atoms with E-state index >= 15 is 0 Å². The lowest BCUT2D eigenvalue weighted by molar-refractivity contribution is -0.147. The molecule has 182 valence electrons. The number of fused-ring (bicyclic) bond motifs is 3. The van der Waals surface area contributed by atoms with Gasteiger partial charge in [0.05, 0.1) is 0 Å². The number of ketones is 1. The Bertz CT molecular complexity index is 693. The van der Waals surface area contributed by atoms with Crippen molar-refractivity contribution in [2.45, 2.75) is 118 Å². The standard InChI is InChI=1S/C29H48O3/c1-19(2)8-7-9-21(4)27-14-15-28-26-13-11-23(31)18-24(32-22(5)30)12-10-20(3)25(26)16-17-29(27,28)6/h10,19,21,24-28H,7-9,11-18H2,1-6H3. The summed E-state index contributed by atoms with van der Waals surface area (Å²) in [4.78, 5) is 24.2. The molecule has 0 aromatic rings. The van der Waals surface area contributed by atoms with Crippen LogP contribution in [0.3, 0.4) is 0 Å². The second-order valence-corrected chi connectivity index (χ2v) is 12.1. The first kappa shape index (κ1) is 25.5. The minimum atomic E-state index is -0.289. The fourth-order valence-electron chi connectivity index (χ4n) is 7.84. The number of carbonyl (C=O) groups excluding carboxylic acids is 2. The van der Waals surface area contributed by atoms with Crippen molar-refractivity contribution in [1.82, 2.24) is 0 Å². The molecule has 0 spiro atoms. The Hall–Kier alpha value is -1.12. The maximum Gasteiger partial charge on any atom is 0.302 e. The van der Waals surface area contributed by atoms with Gasteiger partial charge in [-0.25, -0.2) is 0 Å². The van der Waals surface area contributed by atoms with E-state index in [2.05, 4.69) is 40.7 Å². The van der Waals surface area contributed by atoms with E-state index in [9.17, 15) is 9.59 Å². The SMILES string of the molecule is CC(=O)OC1CC=C(C)C2CCC3(C)C(C(C)CCCC(C)C)CCC3C2CCC(=O)C1. The number of esters is 1. The number of carbonyl (C=O) groups is 2. The van der Waals surface area contributed by atoms with Crippen molar-refractivity contribution >= 4 is 11.8 Å². The number of rotatable bonds is 6. The maximum absolute atomic E-state index is 12.8. The molecule has 0 aliphatic heterocycles. The Morgan fingerprint density at radius 1 is 1.16 bits per heavy atom. The molecule has 3 aliphatic rings. The average Bonchev–Trinajstić information content (AvgIpc) is 3.06. The van der Waals surface area contributed by atoms with E-state index in [-0.39, 0.29) is 17.9 Å². The minimum Gasteiger partial charge on any atom is -0.462 e. The monoisotopic (exact) mass is 444 g/mol. The van der Waals surface area contributed by atoms with Gasteiger partial charge in [0, 0.05) is 26.2 Å². The Morgan fingerprint density at radius 3 is 2.59 bits per heavy atom. The molecule has 0 amide bonds. The molecule has 0 N–H and O–H groups in total. The molecule has 0 bridgehead atoms. The second kappa shape index (κ2) is 10.9. The fraction of sp³-hybridized carbons (Fsp3) is 0.862. The van der Waals surface area contributed by atoms with E-state index in [1.165, 1.54) is 57.4 Å². The van der Waals surface area contributed by atoms with Gasteiger partial charge < -0.3 is 4.74 Å². The highest BCUT2D eigenvalue weighted by molar-refractivity contribution is 5.79. The van der Waals surface area contributed by atoms with Crippen molar-refractivity contribution < 1.29 is 14.3 Å². The van der Waals surface area contributed by atoms with Gasteiger partial charge in [0.1, 0.15) is 11.9 Å².